The molecule has 1 aliphatic rings. The van der Waals surface area contributed by atoms with Gasteiger partial charge in [-0.2, -0.15) is 0 Å². The van der Waals surface area contributed by atoms with Crippen LogP contribution in [0.2, 0.25) is 0 Å². The third-order valence-corrected chi connectivity index (χ3v) is 6.55. The Hall–Kier alpha value is -2.32. The Kier molecular flexibility index (Phi) is 6.51. The van der Waals surface area contributed by atoms with Crippen molar-refractivity contribution in [1.29, 1.82) is 0 Å². The van der Waals surface area contributed by atoms with Crippen molar-refractivity contribution in [3.63, 3.8) is 0 Å². The number of thiophene rings is 1. The van der Waals surface area contributed by atoms with Crippen molar-refractivity contribution >= 4 is 17.0 Å². The van der Waals surface area contributed by atoms with Gasteiger partial charge < -0.3 is 9.80 Å². The van der Waals surface area contributed by atoms with E-state index in [1.54, 1.807) is 16.2 Å². The molecule has 1 atom stereocenters. The fourth-order valence-corrected chi connectivity index (χ4v) is 4.79. The molecule has 1 aliphatic heterocycles. The van der Waals surface area contributed by atoms with Gasteiger partial charge in [0.25, 0.3) is 0 Å². The SMILES string of the molecule is CCCC[C@H](c1nnnn1Cc1cccs1)[NH+]1CCN(c2ccc(F)cc2)CC1. The first kappa shape index (κ1) is 20.0. The van der Waals surface area contributed by atoms with E-state index >= 15 is 0 Å². The summed E-state index contributed by atoms with van der Waals surface area (Å²) in [5.74, 6) is 0.812. The van der Waals surface area contributed by atoms with E-state index in [9.17, 15) is 4.39 Å². The minimum Gasteiger partial charge on any atom is -0.360 e. The first-order valence-corrected chi connectivity index (χ1v) is 11.3. The molecule has 1 N–H and O–H groups in total. The molecular weight excluding hydrogens is 387 g/mol. The lowest BCUT2D eigenvalue weighted by Crippen LogP contribution is -3.15. The highest BCUT2D eigenvalue weighted by Gasteiger charge is 2.32. The summed E-state index contributed by atoms with van der Waals surface area (Å²) in [6.45, 7) is 6.92. The lowest BCUT2D eigenvalue weighted by Gasteiger charge is -2.37. The Morgan fingerprint density at radius 3 is 2.66 bits per heavy atom. The van der Waals surface area contributed by atoms with E-state index in [0.29, 0.717) is 6.04 Å². The van der Waals surface area contributed by atoms with Crippen molar-refractivity contribution in [3.05, 3.63) is 58.3 Å². The van der Waals surface area contributed by atoms with Gasteiger partial charge in [0.2, 0.25) is 5.82 Å². The van der Waals surface area contributed by atoms with Gasteiger partial charge in [-0.3, -0.25) is 0 Å². The second-order valence-corrected chi connectivity index (χ2v) is 8.62. The maximum atomic E-state index is 13.2. The number of aromatic nitrogens is 4. The van der Waals surface area contributed by atoms with Crippen LogP contribution in [-0.4, -0.2) is 46.4 Å². The fraction of sp³-hybridized carbons (Fsp3) is 0.476. The van der Waals surface area contributed by atoms with E-state index < -0.39 is 0 Å². The summed E-state index contributed by atoms with van der Waals surface area (Å²) < 4.78 is 15.2. The molecule has 3 aromatic rings. The van der Waals surface area contributed by atoms with Gasteiger partial charge in [-0.25, -0.2) is 9.07 Å². The molecule has 154 valence electrons. The maximum Gasteiger partial charge on any atom is 0.209 e. The van der Waals surface area contributed by atoms with Gasteiger partial charge in [0.1, 0.15) is 11.9 Å². The lowest BCUT2D eigenvalue weighted by atomic mass is 10.1. The van der Waals surface area contributed by atoms with Gasteiger partial charge in [0, 0.05) is 17.0 Å². The van der Waals surface area contributed by atoms with Crippen LogP contribution < -0.4 is 9.80 Å². The zero-order valence-electron chi connectivity index (χ0n) is 16.8. The van der Waals surface area contributed by atoms with Gasteiger partial charge in [-0.15, -0.1) is 16.4 Å². The smallest absolute Gasteiger partial charge is 0.209 e. The fourth-order valence-electron chi connectivity index (χ4n) is 4.10. The molecule has 8 heteroatoms. The summed E-state index contributed by atoms with van der Waals surface area (Å²) in [6, 6.07) is 11.3. The molecule has 0 bridgehead atoms. The zero-order chi connectivity index (χ0) is 20.1. The number of hydrogen-bond donors (Lipinski definition) is 1. The summed E-state index contributed by atoms with van der Waals surface area (Å²) >= 11 is 1.74. The number of anilines is 1. The van der Waals surface area contributed by atoms with E-state index in [4.69, 9.17) is 0 Å². The maximum absolute atomic E-state index is 13.2. The van der Waals surface area contributed by atoms with Crippen LogP contribution in [0.5, 0.6) is 0 Å². The highest BCUT2D eigenvalue weighted by atomic mass is 32.1. The largest absolute Gasteiger partial charge is 0.360 e. The van der Waals surface area contributed by atoms with Gasteiger partial charge >= 0.3 is 0 Å². The number of unbranched alkanes of at least 4 members (excludes halogenated alkanes) is 1. The van der Waals surface area contributed by atoms with Crippen LogP contribution in [0.1, 0.15) is 42.9 Å². The molecule has 29 heavy (non-hydrogen) atoms. The Labute approximate surface area is 174 Å². The number of nitrogens with one attached hydrogen (secondary N) is 1. The van der Waals surface area contributed by atoms with E-state index in [1.807, 2.05) is 16.8 Å². The van der Waals surface area contributed by atoms with Crippen LogP contribution >= 0.6 is 11.3 Å². The second kappa shape index (κ2) is 9.45. The van der Waals surface area contributed by atoms with Crippen LogP contribution in [0.15, 0.2) is 41.8 Å². The lowest BCUT2D eigenvalue weighted by molar-refractivity contribution is -0.933. The van der Waals surface area contributed by atoms with Crippen LogP contribution in [0, 0.1) is 5.82 Å². The number of hydrogen-bond acceptors (Lipinski definition) is 5. The first-order valence-electron chi connectivity index (χ1n) is 10.4. The second-order valence-electron chi connectivity index (χ2n) is 7.59. The van der Waals surface area contributed by atoms with Gasteiger partial charge in [0.05, 0.1) is 32.7 Å². The Morgan fingerprint density at radius 2 is 1.97 bits per heavy atom. The Morgan fingerprint density at radius 1 is 1.17 bits per heavy atom. The van der Waals surface area contributed by atoms with Crippen molar-refractivity contribution in [2.24, 2.45) is 0 Å². The van der Waals surface area contributed by atoms with Crippen LogP contribution in [0.4, 0.5) is 10.1 Å². The molecule has 2 aromatic heterocycles. The van der Waals surface area contributed by atoms with E-state index in [2.05, 4.69) is 44.9 Å². The molecule has 0 spiro atoms. The number of benzene rings is 1. The average molecular weight is 416 g/mol. The van der Waals surface area contributed by atoms with E-state index in [0.717, 1.165) is 57.1 Å². The average Bonchev–Trinajstić information content (AvgIpc) is 3.42. The summed E-state index contributed by atoms with van der Waals surface area (Å²) in [5, 5.41) is 14.8. The van der Waals surface area contributed by atoms with Crippen molar-refractivity contribution in [2.45, 2.75) is 38.8 Å². The highest BCUT2D eigenvalue weighted by molar-refractivity contribution is 7.09. The molecule has 0 unspecified atom stereocenters. The van der Waals surface area contributed by atoms with Gasteiger partial charge in [0.15, 0.2) is 0 Å². The summed E-state index contributed by atoms with van der Waals surface area (Å²) in [6.07, 6.45) is 3.42. The molecule has 0 amide bonds. The molecular formula is C21H28FN6S+. The number of quaternary nitrogens is 1. The molecule has 0 radical (unpaired) electrons. The van der Waals surface area contributed by atoms with Gasteiger partial charge in [-0.05, 0) is 52.6 Å². The topological polar surface area (TPSA) is 51.3 Å². The predicted molar refractivity (Wildman–Crippen MR) is 113 cm³/mol. The van der Waals surface area contributed by atoms with Crippen molar-refractivity contribution in [3.8, 4) is 0 Å². The number of rotatable bonds is 8. The minimum absolute atomic E-state index is 0.185. The molecule has 1 fully saturated rings. The number of piperazine rings is 1. The molecule has 1 aromatic carbocycles. The van der Waals surface area contributed by atoms with E-state index in [1.165, 1.54) is 23.4 Å². The molecule has 1 saturated heterocycles. The number of nitrogens with zero attached hydrogens (tertiary/aromatic N) is 5. The molecule has 4 rings (SSSR count). The third-order valence-electron chi connectivity index (χ3n) is 5.69. The zero-order valence-corrected chi connectivity index (χ0v) is 17.6. The van der Waals surface area contributed by atoms with Crippen LogP contribution in [-0.2, 0) is 6.54 Å². The Bertz CT molecular complexity index is 871. The van der Waals surface area contributed by atoms with Crippen LogP contribution in [0.3, 0.4) is 0 Å². The van der Waals surface area contributed by atoms with Gasteiger partial charge in [-0.1, -0.05) is 19.4 Å². The third kappa shape index (κ3) is 4.82. The van der Waals surface area contributed by atoms with Crippen molar-refractivity contribution in [2.75, 3.05) is 31.1 Å². The number of halogens is 1. The molecule has 6 nitrogen and oxygen atoms in total. The highest BCUT2D eigenvalue weighted by Crippen LogP contribution is 2.19. The molecule has 0 aliphatic carbocycles. The summed E-state index contributed by atoms with van der Waals surface area (Å²) in [5.41, 5.74) is 1.10. The number of tetrazole rings is 1. The van der Waals surface area contributed by atoms with Crippen LogP contribution in [0.25, 0.3) is 0 Å². The van der Waals surface area contributed by atoms with E-state index in [-0.39, 0.29) is 5.82 Å². The summed E-state index contributed by atoms with van der Waals surface area (Å²) in [4.78, 5) is 5.15. The molecule has 0 saturated carbocycles. The quantitative estimate of drug-likeness (QED) is 0.614. The standard InChI is InChI=1S/C21H27FN6S/c1-2-3-6-20(21-23-24-25-28(21)16-19-5-4-15-29-19)27-13-11-26(12-14-27)18-9-7-17(22)8-10-18/h4-5,7-10,15,20H,2-3,6,11-14,16H2,1H3/p+1/t20-/m1/s1. The Balaban J connectivity index is 1.47. The summed E-state index contributed by atoms with van der Waals surface area (Å²) in [7, 11) is 0. The monoisotopic (exact) mass is 415 g/mol. The minimum atomic E-state index is -0.185. The van der Waals surface area contributed by atoms with Crippen molar-refractivity contribution < 1.29 is 9.29 Å². The molecule has 3 heterocycles. The first-order chi connectivity index (χ1) is 14.2. The van der Waals surface area contributed by atoms with Crippen molar-refractivity contribution in [1.82, 2.24) is 20.2 Å². The normalized spacial score (nSPS) is 16.3. The predicted octanol–water partition coefficient (Wildman–Crippen LogP) is 2.56.